The zero-order chi connectivity index (χ0) is 16.9. The van der Waals surface area contributed by atoms with E-state index in [1.165, 1.54) is 13.1 Å². The normalized spacial score (nSPS) is 13.1. The molecule has 0 fully saturated rings. The number of nitrogens with one attached hydrogen (secondary N) is 1. The monoisotopic (exact) mass is 335 g/mol. The van der Waals surface area contributed by atoms with Crippen molar-refractivity contribution < 1.29 is 33.9 Å². The van der Waals surface area contributed by atoms with Gasteiger partial charge >= 0.3 is 13.8 Å². The number of carbonyl (C=O) groups is 1. The Balaban J connectivity index is 2.97. The topological polar surface area (TPSA) is 175 Å². The summed E-state index contributed by atoms with van der Waals surface area (Å²) in [5.74, 6) is -1.36. The van der Waals surface area contributed by atoms with Crippen LogP contribution >= 0.6 is 7.82 Å². The molecule has 7 N–H and O–H groups in total. The Kier molecular flexibility index (Phi) is 6.42. The van der Waals surface area contributed by atoms with Crippen molar-refractivity contribution in [2.75, 3.05) is 6.54 Å². The lowest BCUT2D eigenvalue weighted by Gasteiger charge is -2.16. The fourth-order valence-electron chi connectivity index (χ4n) is 1.66. The summed E-state index contributed by atoms with van der Waals surface area (Å²) in [6.45, 7) is 0.810. The summed E-state index contributed by atoms with van der Waals surface area (Å²) in [7, 11) is -4.68. The van der Waals surface area contributed by atoms with Gasteiger partial charge in [0.05, 0.1) is 12.3 Å². The maximum atomic E-state index is 10.9. The van der Waals surface area contributed by atoms with E-state index in [0.29, 0.717) is 0 Å². The summed E-state index contributed by atoms with van der Waals surface area (Å²) in [4.78, 5) is 32.2. The number of pyridine rings is 1. The molecule has 0 unspecified atom stereocenters. The van der Waals surface area contributed by atoms with E-state index in [0.717, 1.165) is 0 Å². The molecule has 0 saturated carbocycles. The average molecular weight is 335 g/mol. The first-order valence-corrected chi connectivity index (χ1v) is 7.71. The fraction of sp³-hybridized carbons (Fsp3) is 0.455. The number of phosphoric acid groups is 1. The second-order valence-corrected chi connectivity index (χ2v) is 5.71. The zero-order valence-electron chi connectivity index (χ0n) is 11.8. The predicted octanol–water partition coefficient (Wildman–Crippen LogP) is -0.794. The Morgan fingerprint density at radius 3 is 2.68 bits per heavy atom. The van der Waals surface area contributed by atoms with Crippen LogP contribution in [0.2, 0.25) is 0 Å². The van der Waals surface area contributed by atoms with Gasteiger partial charge in [-0.05, 0) is 6.92 Å². The Bertz CT molecular complexity index is 589. The summed E-state index contributed by atoms with van der Waals surface area (Å²) >= 11 is 0. The molecule has 11 heteroatoms. The Morgan fingerprint density at radius 1 is 1.55 bits per heavy atom. The molecule has 10 nitrogen and oxygen atoms in total. The minimum atomic E-state index is -4.68. The van der Waals surface area contributed by atoms with Crippen LogP contribution in [-0.4, -0.2) is 43.5 Å². The molecule has 0 aromatic carbocycles. The molecule has 0 spiro atoms. The smallest absolute Gasteiger partial charge is 0.469 e. The first-order valence-electron chi connectivity index (χ1n) is 6.18. The van der Waals surface area contributed by atoms with Crippen LogP contribution in [0.15, 0.2) is 6.20 Å². The van der Waals surface area contributed by atoms with Crippen LogP contribution in [0.25, 0.3) is 0 Å². The van der Waals surface area contributed by atoms with Crippen LogP contribution in [0.1, 0.15) is 16.8 Å². The van der Waals surface area contributed by atoms with E-state index in [2.05, 4.69) is 14.8 Å². The maximum Gasteiger partial charge on any atom is 0.469 e. The zero-order valence-corrected chi connectivity index (χ0v) is 12.7. The molecule has 0 bridgehead atoms. The quantitative estimate of drug-likeness (QED) is 0.330. The van der Waals surface area contributed by atoms with Crippen molar-refractivity contribution in [1.82, 2.24) is 10.3 Å². The molecule has 0 aliphatic carbocycles. The van der Waals surface area contributed by atoms with Gasteiger partial charge in [-0.1, -0.05) is 0 Å². The molecular weight excluding hydrogens is 317 g/mol. The molecule has 1 heterocycles. The third-order valence-corrected chi connectivity index (χ3v) is 3.34. The van der Waals surface area contributed by atoms with E-state index in [9.17, 15) is 14.5 Å². The Hall–Kier alpha value is -1.55. The van der Waals surface area contributed by atoms with E-state index in [4.69, 9.17) is 20.6 Å². The van der Waals surface area contributed by atoms with E-state index in [-0.39, 0.29) is 35.7 Å². The van der Waals surface area contributed by atoms with Gasteiger partial charge in [-0.3, -0.25) is 19.6 Å². The highest BCUT2D eigenvalue weighted by atomic mass is 31.2. The summed E-state index contributed by atoms with van der Waals surface area (Å²) < 4.78 is 15.1. The number of phosphoric ester groups is 1. The molecule has 0 radical (unpaired) electrons. The number of aromatic hydroxyl groups is 1. The number of nitrogens with zero attached hydrogens (tertiary/aromatic N) is 1. The van der Waals surface area contributed by atoms with Gasteiger partial charge < -0.3 is 25.7 Å². The summed E-state index contributed by atoms with van der Waals surface area (Å²) in [5.41, 5.74) is 6.06. The lowest BCUT2D eigenvalue weighted by Crippen LogP contribution is -2.42. The number of carboxylic acids is 1. The van der Waals surface area contributed by atoms with Crippen molar-refractivity contribution in [3.05, 3.63) is 23.0 Å². The third-order valence-electron chi connectivity index (χ3n) is 2.88. The lowest BCUT2D eigenvalue weighted by molar-refractivity contribution is -0.139. The van der Waals surface area contributed by atoms with Crippen LogP contribution in [0.3, 0.4) is 0 Å². The number of nitrogens with two attached hydrogens (primary N) is 1. The molecule has 0 amide bonds. The molecule has 124 valence electrons. The van der Waals surface area contributed by atoms with Crippen LogP contribution in [0.4, 0.5) is 0 Å². The standard InChI is InChI=1S/C11H18N3O7P/c1-6-10(15)8(4-14-9(2-12)11(16)17)7(3-13-6)5-21-22(18,19)20/h3,9,14-15H,2,4-5,12H2,1H3,(H,16,17)(H2,18,19,20)/t9-/m1/s1. The second-order valence-electron chi connectivity index (χ2n) is 4.47. The highest BCUT2D eigenvalue weighted by Crippen LogP contribution is 2.38. The number of aromatic nitrogens is 1. The molecule has 0 saturated heterocycles. The first kappa shape index (κ1) is 18.5. The van der Waals surface area contributed by atoms with Crippen LogP contribution in [0, 0.1) is 6.92 Å². The van der Waals surface area contributed by atoms with Gasteiger partial charge in [0.25, 0.3) is 0 Å². The van der Waals surface area contributed by atoms with Crippen molar-refractivity contribution >= 4 is 13.8 Å². The molecule has 1 aromatic heterocycles. The van der Waals surface area contributed by atoms with E-state index < -0.39 is 26.4 Å². The van der Waals surface area contributed by atoms with Crippen LogP contribution in [0.5, 0.6) is 5.75 Å². The highest BCUT2D eigenvalue weighted by molar-refractivity contribution is 7.46. The molecule has 1 aromatic rings. The van der Waals surface area contributed by atoms with Crippen molar-refractivity contribution in [3.63, 3.8) is 0 Å². The van der Waals surface area contributed by atoms with E-state index in [1.807, 2.05) is 0 Å². The van der Waals surface area contributed by atoms with E-state index >= 15 is 0 Å². The number of rotatable bonds is 8. The lowest BCUT2D eigenvalue weighted by atomic mass is 10.1. The Morgan fingerprint density at radius 2 is 2.18 bits per heavy atom. The molecule has 0 aliphatic rings. The molecule has 22 heavy (non-hydrogen) atoms. The summed E-state index contributed by atoms with van der Waals surface area (Å²) in [5, 5.41) is 21.5. The minimum Gasteiger partial charge on any atom is -0.506 e. The fourth-order valence-corrected chi connectivity index (χ4v) is 1.96. The number of aliphatic carboxylic acids is 1. The van der Waals surface area contributed by atoms with Gasteiger partial charge in [0.15, 0.2) is 0 Å². The van der Waals surface area contributed by atoms with E-state index in [1.54, 1.807) is 0 Å². The average Bonchev–Trinajstić information content (AvgIpc) is 2.41. The first-order chi connectivity index (χ1) is 10.2. The van der Waals surface area contributed by atoms with Gasteiger partial charge in [-0.25, -0.2) is 4.57 Å². The second kappa shape index (κ2) is 7.63. The maximum absolute atomic E-state index is 10.9. The molecule has 1 rings (SSSR count). The number of hydrogen-bond donors (Lipinski definition) is 6. The van der Waals surface area contributed by atoms with Gasteiger partial charge in [0.2, 0.25) is 0 Å². The van der Waals surface area contributed by atoms with Crippen molar-refractivity contribution in [1.29, 1.82) is 0 Å². The van der Waals surface area contributed by atoms with Crippen molar-refractivity contribution in [2.24, 2.45) is 5.73 Å². The molecular formula is C11H18N3O7P. The Labute approximate surface area is 126 Å². The minimum absolute atomic E-state index is 0.0801. The van der Waals surface area contributed by atoms with Crippen molar-refractivity contribution in [3.8, 4) is 5.75 Å². The molecule has 0 aliphatic heterocycles. The van der Waals surface area contributed by atoms with Gasteiger partial charge in [-0.2, -0.15) is 0 Å². The SMILES string of the molecule is Cc1ncc(COP(=O)(O)O)c(CN[C@H](CN)C(=O)O)c1O. The largest absolute Gasteiger partial charge is 0.506 e. The van der Waals surface area contributed by atoms with Crippen LogP contribution < -0.4 is 11.1 Å². The summed E-state index contributed by atoms with van der Waals surface area (Å²) in [6, 6.07) is -1.02. The number of hydrogen-bond acceptors (Lipinski definition) is 7. The number of aryl methyl sites for hydroxylation is 1. The highest BCUT2D eigenvalue weighted by Gasteiger charge is 2.20. The third kappa shape index (κ3) is 5.34. The van der Waals surface area contributed by atoms with Gasteiger partial charge in [0, 0.05) is 30.4 Å². The van der Waals surface area contributed by atoms with Gasteiger partial charge in [0.1, 0.15) is 11.8 Å². The van der Waals surface area contributed by atoms with Gasteiger partial charge in [-0.15, -0.1) is 0 Å². The number of carboxylic acid groups (broad SMARTS) is 1. The summed E-state index contributed by atoms with van der Waals surface area (Å²) in [6.07, 6.45) is 1.29. The molecule has 1 atom stereocenters. The predicted molar refractivity (Wildman–Crippen MR) is 74.8 cm³/mol. The van der Waals surface area contributed by atoms with Crippen molar-refractivity contribution in [2.45, 2.75) is 26.1 Å². The van der Waals surface area contributed by atoms with Crippen LogP contribution in [-0.2, 0) is 27.0 Å².